The lowest BCUT2D eigenvalue weighted by atomic mass is 10.2. The first-order valence-corrected chi connectivity index (χ1v) is 7.83. The third-order valence-electron chi connectivity index (χ3n) is 4.02. The van der Waals surface area contributed by atoms with Crippen molar-refractivity contribution in [1.29, 1.82) is 0 Å². The Morgan fingerprint density at radius 2 is 2.17 bits per heavy atom. The summed E-state index contributed by atoms with van der Waals surface area (Å²) in [4.78, 5) is 14.2. The molecule has 1 aromatic heterocycles. The van der Waals surface area contributed by atoms with E-state index in [0.29, 0.717) is 24.5 Å². The Morgan fingerprint density at radius 1 is 1.38 bits per heavy atom. The Labute approximate surface area is 138 Å². The molecule has 0 unspecified atom stereocenters. The number of nitrogens with zero attached hydrogens (tertiary/aromatic N) is 4. The van der Waals surface area contributed by atoms with E-state index in [9.17, 15) is 9.18 Å². The molecular weight excluding hydrogens is 315 g/mol. The molecule has 2 heterocycles. The highest BCUT2D eigenvalue weighted by molar-refractivity contribution is 5.78. The first-order valence-electron chi connectivity index (χ1n) is 7.83. The molecule has 1 atom stereocenters. The molecule has 1 amide bonds. The number of rotatable bonds is 6. The van der Waals surface area contributed by atoms with Crippen molar-refractivity contribution in [2.75, 3.05) is 13.2 Å². The van der Waals surface area contributed by atoms with Gasteiger partial charge >= 0.3 is 0 Å². The summed E-state index contributed by atoms with van der Waals surface area (Å²) < 4.78 is 19.9. The topological polar surface area (TPSA) is 80.5 Å². The van der Waals surface area contributed by atoms with Crippen molar-refractivity contribution in [2.24, 2.45) is 0 Å². The molecular formula is C16H19FN4O3. The summed E-state index contributed by atoms with van der Waals surface area (Å²) in [6, 6.07) is 5.61. The number of carbonyl (C=O) groups is 1. The average molecular weight is 334 g/mol. The van der Waals surface area contributed by atoms with Crippen LogP contribution in [0.3, 0.4) is 0 Å². The van der Waals surface area contributed by atoms with Gasteiger partial charge in [-0.25, -0.2) is 4.39 Å². The summed E-state index contributed by atoms with van der Waals surface area (Å²) in [6.07, 6.45) is 3.49. The average Bonchev–Trinajstić information content (AvgIpc) is 3.23. The third-order valence-corrected chi connectivity index (χ3v) is 4.02. The van der Waals surface area contributed by atoms with Gasteiger partial charge in [-0.1, -0.05) is 5.21 Å². The Balaban J connectivity index is 1.55. The number of ether oxygens (including phenoxy) is 1. The van der Waals surface area contributed by atoms with E-state index in [0.717, 1.165) is 12.8 Å². The number of benzene rings is 1. The molecule has 0 saturated carbocycles. The lowest BCUT2D eigenvalue weighted by Gasteiger charge is -2.24. The molecule has 2 aromatic rings. The van der Waals surface area contributed by atoms with Crippen molar-refractivity contribution in [2.45, 2.75) is 32.0 Å². The molecule has 1 aliphatic heterocycles. The fraction of sp³-hybridized carbons (Fsp3) is 0.438. The molecule has 1 aromatic carbocycles. The van der Waals surface area contributed by atoms with Crippen molar-refractivity contribution in [1.82, 2.24) is 19.9 Å². The lowest BCUT2D eigenvalue weighted by Crippen LogP contribution is -2.40. The predicted octanol–water partition coefficient (Wildman–Crippen LogP) is 0.979. The summed E-state index contributed by atoms with van der Waals surface area (Å²) in [5.74, 6) is 0.0112. The fourth-order valence-electron chi connectivity index (χ4n) is 2.83. The lowest BCUT2D eigenvalue weighted by molar-refractivity contribution is -0.134. The van der Waals surface area contributed by atoms with Crippen LogP contribution in [-0.4, -0.2) is 50.1 Å². The number of amides is 1. The number of halogens is 1. The molecule has 24 heavy (non-hydrogen) atoms. The van der Waals surface area contributed by atoms with Crippen LogP contribution in [0.25, 0.3) is 0 Å². The maximum absolute atomic E-state index is 12.9. The second kappa shape index (κ2) is 7.39. The van der Waals surface area contributed by atoms with E-state index in [-0.39, 0.29) is 31.0 Å². The van der Waals surface area contributed by atoms with E-state index in [1.807, 2.05) is 0 Å². The smallest absolute Gasteiger partial charge is 0.260 e. The van der Waals surface area contributed by atoms with Gasteiger partial charge in [0.2, 0.25) is 0 Å². The maximum Gasteiger partial charge on any atom is 0.260 e. The molecule has 1 fully saturated rings. The molecule has 1 saturated heterocycles. The van der Waals surface area contributed by atoms with Crippen LogP contribution >= 0.6 is 0 Å². The standard InChI is InChI=1S/C16H19FN4O3/c17-12-3-5-15(6-4-12)24-11-16(23)21-7-1-2-14(21)9-20-8-13(10-22)18-19-20/h3-6,8,14,22H,1-2,7,9-11H2/t14-/m0/s1. The first-order chi connectivity index (χ1) is 11.7. The van der Waals surface area contributed by atoms with Gasteiger partial charge in [-0.05, 0) is 37.1 Å². The molecule has 0 spiro atoms. The highest BCUT2D eigenvalue weighted by Gasteiger charge is 2.29. The summed E-state index contributed by atoms with van der Waals surface area (Å²) in [5, 5.41) is 16.8. The van der Waals surface area contributed by atoms with Gasteiger partial charge in [-0.2, -0.15) is 0 Å². The molecule has 3 rings (SSSR count). The Kier molecular flexibility index (Phi) is 5.05. The van der Waals surface area contributed by atoms with Gasteiger partial charge in [0.25, 0.3) is 5.91 Å². The Bertz CT molecular complexity index is 689. The van der Waals surface area contributed by atoms with Gasteiger partial charge in [-0.3, -0.25) is 9.48 Å². The van der Waals surface area contributed by atoms with E-state index in [1.165, 1.54) is 24.3 Å². The molecule has 0 aliphatic carbocycles. The van der Waals surface area contributed by atoms with Crippen LogP contribution in [0.15, 0.2) is 30.5 Å². The normalized spacial score (nSPS) is 17.2. The second-order valence-electron chi connectivity index (χ2n) is 5.72. The minimum atomic E-state index is -0.344. The van der Waals surface area contributed by atoms with Crippen molar-refractivity contribution >= 4 is 5.91 Å². The van der Waals surface area contributed by atoms with Crippen molar-refractivity contribution in [3.63, 3.8) is 0 Å². The minimum Gasteiger partial charge on any atom is -0.484 e. The quantitative estimate of drug-likeness (QED) is 0.852. The molecule has 0 bridgehead atoms. The molecule has 128 valence electrons. The third kappa shape index (κ3) is 3.88. The van der Waals surface area contributed by atoms with Gasteiger partial charge in [0.05, 0.1) is 25.4 Å². The molecule has 0 radical (unpaired) electrons. The van der Waals surface area contributed by atoms with E-state index in [4.69, 9.17) is 9.84 Å². The molecule has 1 N–H and O–H groups in total. The number of aromatic nitrogens is 3. The number of aliphatic hydroxyl groups excluding tert-OH is 1. The summed E-state index contributed by atoms with van der Waals surface area (Å²) >= 11 is 0. The fourth-order valence-corrected chi connectivity index (χ4v) is 2.83. The number of hydrogen-bond acceptors (Lipinski definition) is 5. The van der Waals surface area contributed by atoms with Gasteiger partial charge in [-0.15, -0.1) is 5.10 Å². The monoisotopic (exact) mass is 334 g/mol. The summed E-state index contributed by atoms with van der Waals surface area (Å²) in [5.41, 5.74) is 0.505. The Hall–Kier alpha value is -2.48. The maximum atomic E-state index is 12.9. The number of likely N-dealkylation sites (tertiary alicyclic amines) is 1. The van der Waals surface area contributed by atoms with Crippen molar-refractivity contribution in [3.05, 3.63) is 42.0 Å². The van der Waals surface area contributed by atoms with Crippen LogP contribution in [0.5, 0.6) is 5.75 Å². The van der Waals surface area contributed by atoms with E-state index >= 15 is 0 Å². The zero-order valence-corrected chi connectivity index (χ0v) is 13.1. The van der Waals surface area contributed by atoms with Gasteiger partial charge in [0.15, 0.2) is 6.61 Å². The van der Waals surface area contributed by atoms with Gasteiger partial charge < -0.3 is 14.7 Å². The van der Waals surface area contributed by atoms with Crippen LogP contribution in [0, 0.1) is 5.82 Å². The van der Waals surface area contributed by atoms with E-state index in [2.05, 4.69) is 10.3 Å². The molecule has 8 heteroatoms. The zero-order chi connectivity index (χ0) is 16.9. The van der Waals surface area contributed by atoms with Crippen LogP contribution in [-0.2, 0) is 17.9 Å². The minimum absolute atomic E-state index is 0.0301. The Morgan fingerprint density at radius 3 is 2.88 bits per heavy atom. The molecule has 1 aliphatic rings. The summed E-state index contributed by atoms with van der Waals surface area (Å²) in [7, 11) is 0. The van der Waals surface area contributed by atoms with E-state index in [1.54, 1.807) is 15.8 Å². The number of hydrogen-bond donors (Lipinski definition) is 1. The largest absolute Gasteiger partial charge is 0.484 e. The SMILES string of the molecule is O=C(COc1ccc(F)cc1)N1CCC[C@H]1Cn1cc(CO)nn1. The van der Waals surface area contributed by atoms with Gasteiger partial charge in [0, 0.05) is 6.54 Å². The van der Waals surface area contributed by atoms with Crippen molar-refractivity contribution in [3.8, 4) is 5.75 Å². The van der Waals surface area contributed by atoms with Crippen LogP contribution in [0.1, 0.15) is 18.5 Å². The van der Waals surface area contributed by atoms with E-state index < -0.39 is 0 Å². The number of aliphatic hydroxyl groups is 1. The highest BCUT2D eigenvalue weighted by atomic mass is 19.1. The zero-order valence-electron chi connectivity index (χ0n) is 13.1. The van der Waals surface area contributed by atoms with Crippen molar-refractivity contribution < 1.29 is 19.0 Å². The van der Waals surface area contributed by atoms with Crippen LogP contribution in [0.2, 0.25) is 0 Å². The molecule has 7 nitrogen and oxygen atoms in total. The second-order valence-corrected chi connectivity index (χ2v) is 5.72. The highest BCUT2D eigenvalue weighted by Crippen LogP contribution is 2.19. The first kappa shape index (κ1) is 16.4. The van der Waals surface area contributed by atoms with Gasteiger partial charge in [0.1, 0.15) is 17.3 Å². The van der Waals surface area contributed by atoms with Crippen LogP contribution < -0.4 is 4.74 Å². The van der Waals surface area contributed by atoms with Crippen LogP contribution in [0.4, 0.5) is 4.39 Å². The summed E-state index contributed by atoms with van der Waals surface area (Å²) in [6.45, 7) is 0.979. The predicted molar refractivity (Wildman–Crippen MR) is 82.6 cm³/mol. The number of carbonyl (C=O) groups excluding carboxylic acids is 1.